The number of nitrogens with zero attached hydrogens (tertiary/aromatic N) is 5. The van der Waals surface area contributed by atoms with Crippen LogP contribution in [0.3, 0.4) is 0 Å². The summed E-state index contributed by atoms with van der Waals surface area (Å²) in [5.41, 5.74) is 2.34. The lowest BCUT2D eigenvalue weighted by molar-refractivity contribution is -0.909. The van der Waals surface area contributed by atoms with Gasteiger partial charge in [0, 0.05) is 26.9 Å². The van der Waals surface area contributed by atoms with Gasteiger partial charge >= 0.3 is 5.97 Å². The molecule has 1 atom stereocenters. The van der Waals surface area contributed by atoms with Gasteiger partial charge in [0.1, 0.15) is 12.2 Å². The smallest absolute Gasteiger partial charge is 0.309 e. The van der Waals surface area contributed by atoms with Crippen LogP contribution in [0.25, 0.3) is 16.8 Å². The van der Waals surface area contributed by atoms with Gasteiger partial charge in [0.25, 0.3) is 0 Å². The maximum atomic E-state index is 14.0. The van der Waals surface area contributed by atoms with E-state index in [9.17, 15) is 19.9 Å². The van der Waals surface area contributed by atoms with E-state index >= 15 is 0 Å². The number of halogens is 1. The van der Waals surface area contributed by atoms with Crippen molar-refractivity contribution in [3.8, 4) is 16.8 Å². The first kappa shape index (κ1) is 26.9. The first-order valence-corrected chi connectivity index (χ1v) is 14.0. The maximum absolute atomic E-state index is 14.0. The van der Waals surface area contributed by atoms with Gasteiger partial charge in [-0.1, -0.05) is 41.9 Å². The number of aromatic nitrogens is 5. The van der Waals surface area contributed by atoms with Crippen LogP contribution < -0.4 is 10.0 Å². The summed E-state index contributed by atoms with van der Waals surface area (Å²) in [5.74, 6) is -1.60. The highest BCUT2D eigenvalue weighted by atomic mass is 35.5. The second-order valence-electron chi connectivity index (χ2n) is 11.2. The fourth-order valence-electron chi connectivity index (χ4n) is 6.37. The molecule has 4 aromatic rings. The minimum atomic E-state index is -0.733. The van der Waals surface area contributed by atoms with Crippen molar-refractivity contribution in [1.29, 1.82) is 0 Å². The van der Waals surface area contributed by atoms with E-state index in [1.165, 1.54) is 11.0 Å². The summed E-state index contributed by atoms with van der Waals surface area (Å²) in [7, 11) is 0. The van der Waals surface area contributed by atoms with Crippen molar-refractivity contribution in [2.24, 2.45) is 5.41 Å². The number of pyridine rings is 1. The number of tetrazole rings is 1. The number of amides is 1. The first-order valence-electron chi connectivity index (χ1n) is 13.7. The Kier molecular flexibility index (Phi) is 6.94. The quantitative estimate of drug-likeness (QED) is 0.213. The van der Waals surface area contributed by atoms with Gasteiger partial charge in [-0.25, -0.2) is 0 Å². The van der Waals surface area contributed by atoms with Gasteiger partial charge in [0.15, 0.2) is 0 Å². The Morgan fingerprint density at radius 2 is 1.76 bits per heavy atom. The maximum Gasteiger partial charge on any atom is 0.309 e. The van der Waals surface area contributed by atoms with Gasteiger partial charge in [-0.3, -0.25) is 14.8 Å². The van der Waals surface area contributed by atoms with Crippen LogP contribution in [0.1, 0.15) is 55.7 Å². The van der Waals surface area contributed by atoms with E-state index < -0.39 is 22.8 Å². The average Bonchev–Trinajstić information content (AvgIpc) is 3.52. The topological polar surface area (TPSA) is 134 Å². The standard InChI is InChI=1S/C30H29ClN6O4/c31-22-7-9-25(36-19-32-34-35-36)23(17-22)21-6-8-26(37(41)18-21)24(16-20-4-2-1-3-5-20)27(38)33-30-13-10-29(11-14-30,12-15-30)28(39)40/h1-9,17-19,24H,10-16H2,(H2-,33,38,39,40,41)/p+1. The van der Waals surface area contributed by atoms with Crippen molar-refractivity contribution >= 4 is 23.5 Å². The molecule has 1 amide bonds. The van der Waals surface area contributed by atoms with E-state index in [4.69, 9.17) is 11.6 Å². The number of carboxylic acids is 1. The number of aliphatic carboxylic acids is 1. The lowest BCUT2D eigenvalue weighted by atomic mass is 9.57. The predicted molar refractivity (Wildman–Crippen MR) is 149 cm³/mol. The zero-order valence-electron chi connectivity index (χ0n) is 22.3. The van der Waals surface area contributed by atoms with Crippen molar-refractivity contribution in [3.05, 3.63) is 89.5 Å². The second kappa shape index (κ2) is 10.6. The summed E-state index contributed by atoms with van der Waals surface area (Å²) in [6, 6.07) is 18.6. The van der Waals surface area contributed by atoms with E-state index in [-0.39, 0.29) is 5.91 Å². The number of fused-ring (bicyclic) bond motifs is 3. The molecule has 41 heavy (non-hydrogen) atoms. The van der Waals surface area contributed by atoms with Gasteiger partial charge in [-0.05, 0) is 85.2 Å². The molecule has 3 N–H and O–H groups in total. The normalized spacial score (nSPS) is 22.3. The Hall–Kier alpha value is -4.31. The molecular weight excluding hydrogens is 544 g/mol. The molecule has 7 rings (SSSR count). The number of hydrogen-bond acceptors (Lipinski definition) is 6. The predicted octanol–water partition coefficient (Wildman–Crippen LogP) is 4.13. The average molecular weight is 574 g/mol. The van der Waals surface area contributed by atoms with Gasteiger partial charge in [0.05, 0.1) is 16.7 Å². The van der Waals surface area contributed by atoms with Gasteiger partial charge in [-0.15, -0.1) is 5.10 Å². The van der Waals surface area contributed by atoms with Crippen molar-refractivity contribution in [1.82, 2.24) is 25.5 Å². The third kappa shape index (κ3) is 5.15. The highest BCUT2D eigenvalue weighted by molar-refractivity contribution is 6.31. The number of hydrogen-bond donors (Lipinski definition) is 3. The number of benzene rings is 2. The van der Waals surface area contributed by atoms with Crippen LogP contribution in [-0.4, -0.2) is 47.9 Å². The van der Waals surface area contributed by atoms with Crippen molar-refractivity contribution in [2.45, 2.75) is 56.4 Å². The Labute approximate surface area is 241 Å². The molecule has 11 heteroatoms. The summed E-state index contributed by atoms with van der Waals surface area (Å²) >= 11 is 6.31. The molecule has 2 heterocycles. The molecule has 0 spiro atoms. The van der Waals surface area contributed by atoms with E-state index in [0.29, 0.717) is 72.5 Å². The van der Waals surface area contributed by atoms with Crippen molar-refractivity contribution < 1.29 is 24.6 Å². The fraction of sp³-hybridized carbons (Fsp3) is 0.333. The molecule has 10 nitrogen and oxygen atoms in total. The second-order valence-corrected chi connectivity index (χ2v) is 11.6. The van der Waals surface area contributed by atoms with Gasteiger partial charge in [-0.2, -0.15) is 4.68 Å². The molecule has 210 valence electrons. The van der Waals surface area contributed by atoms with Crippen LogP contribution in [-0.2, 0) is 16.0 Å². The number of carbonyl (C=O) groups excluding carboxylic acids is 1. The highest BCUT2D eigenvalue weighted by Crippen LogP contribution is 2.52. The first-order chi connectivity index (χ1) is 19.8. The largest absolute Gasteiger partial charge is 0.481 e. The molecule has 3 aliphatic carbocycles. The molecule has 0 radical (unpaired) electrons. The lowest BCUT2D eigenvalue weighted by Crippen LogP contribution is -2.59. The molecule has 3 saturated carbocycles. The number of carboxylic acid groups (broad SMARTS) is 1. The summed E-state index contributed by atoms with van der Waals surface area (Å²) in [5, 5.41) is 36.3. The van der Waals surface area contributed by atoms with Crippen molar-refractivity contribution in [3.63, 3.8) is 0 Å². The van der Waals surface area contributed by atoms with Crippen molar-refractivity contribution in [2.75, 3.05) is 0 Å². The third-order valence-corrected chi connectivity index (χ3v) is 9.10. The minimum Gasteiger partial charge on any atom is -0.481 e. The molecule has 2 aromatic heterocycles. The monoisotopic (exact) mass is 573 g/mol. The summed E-state index contributed by atoms with van der Waals surface area (Å²) in [6.45, 7) is 0. The van der Waals surface area contributed by atoms with Crippen LogP contribution >= 0.6 is 11.6 Å². The third-order valence-electron chi connectivity index (χ3n) is 8.87. The molecule has 0 saturated heterocycles. The van der Waals surface area contributed by atoms with Crippen LogP contribution in [0, 0.1) is 5.41 Å². The Morgan fingerprint density at radius 1 is 1.02 bits per heavy atom. The Morgan fingerprint density at radius 3 is 2.39 bits per heavy atom. The zero-order valence-corrected chi connectivity index (χ0v) is 23.0. The van der Waals surface area contributed by atoms with E-state index in [2.05, 4.69) is 20.8 Å². The van der Waals surface area contributed by atoms with Gasteiger partial charge in [0.2, 0.25) is 17.8 Å². The molecule has 2 aromatic carbocycles. The number of nitrogens with one attached hydrogen (secondary N) is 1. The SMILES string of the molecule is O=C(NC12CCC(C(=O)O)(CC1)CC2)C(Cc1ccccc1)c1ccc(-c2cc(Cl)ccc2-n2cnnn2)c[n+]1O. The Balaban J connectivity index is 1.32. The number of carbonyl (C=O) groups is 2. The summed E-state index contributed by atoms with van der Waals surface area (Å²) < 4.78 is 2.52. The van der Waals surface area contributed by atoms with Crippen LogP contribution in [0.15, 0.2) is 73.2 Å². The van der Waals surface area contributed by atoms with Crippen LogP contribution in [0.5, 0.6) is 0 Å². The molecular formula is C30H30ClN6O4+. The minimum absolute atomic E-state index is 0.189. The molecule has 3 aliphatic rings. The highest BCUT2D eigenvalue weighted by Gasteiger charge is 2.53. The molecule has 3 fully saturated rings. The molecule has 0 aliphatic heterocycles. The zero-order chi connectivity index (χ0) is 28.6. The number of rotatable bonds is 8. The Bertz CT molecular complexity index is 1570. The molecule has 1 unspecified atom stereocenters. The summed E-state index contributed by atoms with van der Waals surface area (Å²) in [4.78, 5) is 25.9. The lowest BCUT2D eigenvalue weighted by Gasteiger charge is -2.51. The summed E-state index contributed by atoms with van der Waals surface area (Å²) in [6.07, 6.45) is 7.00. The van der Waals surface area contributed by atoms with E-state index in [1.807, 2.05) is 36.4 Å². The van der Waals surface area contributed by atoms with Crippen LogP contribution in [0.2, 0.25) is 5.02 Å². The fourth-order valence-corrected chi connectivity index (χ4v) is 6.54. The van der Waals surface area contributed by atoms with E-state index in [0.717, 1.165) is 10.3 Å². The van der Waals surface area contributed by atoms with Gasteiger partial charge < -0.3 is 10.4 Å². The van der Waals surface area contributed by atoms with Crippen LogP contribution in [0.4, 0.5) is 0 Å². The van der Waals surface area contributed by atoms with E-state index in [1.54, 1.807) is 30.5 Å². The molecule has 2 bridgehead atoms.